The summed E-state index contributed by atoms with van der Waals surface area (Å²) in [5.74, 6) is 0.0279. The lowest BCUT2D eigenvalue weighted by atomic mass is 10.2. The smallest absolute Gasteiger partial charge is 0.254 e. The minimum Gasteiger partial charge on any atom is -0.489 e. The summed E-state index contributed by atoms with van der Waals surface area (Å²) in [5, 5.41) is 3.34. The molecule has 0 aliphatic rings. The fourth-order valence-corrected chi connectivity index (χ4v) is 3.41. The molecule has 5 nitrogen and oxygen atoms in total. The summed E-state index contributed by atoms with van der Waals surface area (Å²) in [7, 11) is 0. The zero-order chi connectivity index (χ0) is 22.2. The van der Waals surface area contributed by atoms with Crippen LogP contribution in [0.2, 0.25) is 10.0 Å². The Kier molecular flexibility index (Phi) is 7.93. The van der Waals surface area contributed by atoms with Crippen molar-refractivity contribution >= 4 is 40.7 Å². The maximum absolute atomic E-state index is 12.8. The fraction of sp³-hybridized carbons (Fsp3) is 0.167. The fourth-order valence-electron chi connectivity index (χ4n) is 2.91. The number of nitrogens with zero attached hydrogens (tertiary/aromatic N) is 1. The van der Waals surface area contributed by atoms with Crippen molar-refractivity contribution < 1.29 is 14.3 Å². The van der Waals surface area contributed by atoms with Crippen LogP contribution in [0.15, 0.2) is 72.8 Å². The van der Waals surface area contributed by atoms with E-state index in [1.165, 1.54) is 4.90 Å². The minimum absolute atomic E-state index is 0.122. The molecule has 160 valence electrons. The molecule has 0 bridgehead atoms. The van der Waals surface area contributed by atoms with Crippen LogP contribution in [-0.4, -0.2) is 29.8 Å². The molecule has 31 heavy (non-hydrogen) atoms. The summed E-state index contributed by atoms with van der Waals surface area (Å²) in [6.45, 7) is 2.50. The summed E-state index contributed by atoms with van der Waals surface area (Å²) in [6, 6.07) is 21.6. The van der Waals surface area contributed by atoms with Crippen LogP contribution in [0, 0.1) is 0 Å². The number of benzene rings is 3. The van der Waals surface area contributed by atoms with Gasteiger partial charge in [0.05, 0.1) is 15.7 Å². The van der Waals surface area contributed by atoms with Gasteiger partial charge in [-0.1, -0.05) is 59.6 Å². The van der Waals surface area contributed by atoms with Crippen LogP contribution in [0.1, 0.15) is 22.8 Å². The Bertz CT molecular complexity index is 1020. The number of ether oxygens (including phenoxy) is 1. The van der Waals surface area contributed by atoms with Crippen LogP contribution in [0.3, 0.4) is 0 Å². The Morgan fingerprint density at radius 1 is 0.903 bits per heavy atom. The third kappa shape index (κ3) is 6.23. The SMILES string of the molecule is CCN(CC(=O)Nc1c(Cl)cccc1Cl)C(=O)c1ccc(OCc2ccccc2)cc1. The number of amides is 2. The first-order valence-electron chi connectivity index (χ1n) is 9.78. The number of hydrogen-bond donors (Lipinski definition) is 1. The van der Waals surface area contributed by atoms with E-state index in [1.54, 1.807) is 42.5 Å². The van der Waals surface area contributed by atoms with Crippen LogP contribution in [0.4, 0.5) is 5.69 Å². The number of hydrogen-bond acceptors (Lipinski definition) is 3. The van der Waals surface area contributed by atoms with E-state index in [4.69, 9.17) is 27.9 Å². The van der Waals surface area contributed by atoms with Crippen LogP contribution < -0.4 is 10.1 Å². The van der Waals surface area contributed by atoms with E-state index in [0.717, 1.165) is 5.56 Å². The molecule has 7 heteroatoms. The van der Waals surface area contributed by atoms with E-state index in [9.17, 15) is 9.59 Å². The summed E-state index contributed by atoms with van der Waals surface area (Å²) in [4.78, 5) is 26.7. The summed E-state index contributed by atoms with van der Waals surface area (Å²) in [6.07, 6.45) is 0. The van der Waals surface area contributed by atoms with Gasteiger partial charge in [0.25, 0.3) is 5.91 Å². The number of rotatable bonds is 8. The molecule has 0 atom stereocenters. The number of carbonyl (C=O) groups is 2. The van der Waals surface area contributed by atoms with Gasteiger partial charge >= 0.3 is 0 Å². The largest absolute Gasteiger partial charge is 0.489 e. The summed E-state index contributed by atoms with van der Waals surface area (Å²) < 4.78 is 5.75. The third-order valence-corrected chi connectivity index (χ3v) is 5.21. The van der Waals surface area contributed by atoms with Crippen molar-refractivity contribution in [2.75, 3.05) is 18.4 Å². The Morgan fingerprint density at radius 2 is 1.55 bits per heavy atom. The molecule has 3 aromatic rings. The molecule has 0 aromatic heterocycles. The quantitative estimate of drug-likeness (QED) is 0.474. The van der Waals surface area contributed by atoms with E-state index in [-0.39, 0.29) is 18.4 Å². The highest BCUT2D eigenvalue weighted by Crippen LogP contribution is 2.29. The van der Waals surface area contributed by atoms with Crippen molar-refractivity contribution in [3.8, 4) is 5.75 Å². The molecule has 0 saturated heterocycles. The number of carbonyl (C=O) groups excluding carboxylic acids is 2. The first-order valence-corrected chi connectivity index (χ1v) is 10.5. The maximum atomic E-state index is 12.8. The number of para-hydroxylation sites is 1. The molecule has 0 unspecified atom stereocenters. The standard InChI is InChI=1S/C24H22Cl2N2O3/c1-2-28(15-22(29)27-23-20(25)9-6-10-21(23)26)24(30)18-11-13-19(14-12-18)31-16-17-7-4-3-5-8-17/h3-14H,2,15-16H2,1H3,(H,27,29). The van der Waals surface area contributed by atoms with Gasteiger partial charge in [0.2, 0.25) is 5.91 Å². The van der Waals surface area contributed by atoms with Crippen LogP contribution in [-0.2, 0) is 11.4 Å². The van der Waals surface area contributed by atoms with Crippen molar-refractivity contribution in [2.24, 2.45) is 0 Å². The molecule has 2 amide bonds. The van der Waals surface area contributed by atoms with Gasteiger partial charge in [-0.15, -0.1) is 0 Å². The molecule has 0 aliphatic heterocycles. The Labute approximate surface area is 191 Å². The van der Waals surface area contributed by atoms with E-state index < -0.39 is 0 Å². The van der Waals surface area contributed by atoms with Gasteiger partial charge in [-0.2, -0.15) is 0 Å². The predicted octanol–water partition coefficient (Wildman–Crippen LogP) is 5.67. The normalized spacial score (nSPS) is 10.4. The highest BCUT2D eigenvalue weighted by molar-refractivity contribution is 6.39. The second-order valence-electron chi connectivity index (χ2n) is 6.76. The van der Waals surface area contributed by atoms with Crippen molar-refractivity contribution in [1.82, 2.24) is 4.90 Å². The lowest BCUT2D eigenvalue weighted by Crippen LogP contribution is -2.37. The first-order chi connectivity index (χ1) is 15.0. The number of halogens is 2. The van der Waals surface area contributed by atoms with Crippen molar-refractivity contribution in [2.45, 2.75) is 13.5 Å². The van der Waals surface area contributed by atoms with Gasteiger partial charge in [0, 0.05) is 12.1 Å². The zero-order valence-electron chi connectivity index (χ0n) is 17.0. The second-order valence-corrected chi connectivity index (χ2v) is 7.58. The van der Waals surface area contributed by atoms with Crippen LogP contribution in [0.25, 0.3) is 0 Å². The van der Waals surface area contributed by atoms with Crippen molar-refractivity contribution in [3.63, 3.8) is 0 Å². The van der Waals surface area contributed by atoms with Gasteiger partial charge in [-0.3, -0.25) is 9.59 Å². The van der Waals surface area contributed by atoms with Crippen molar-refractivity contribution in [3.05, 3.63) is 94.0 Å². The molecule has 3 rings (SSSR count). The molecule has 0 spiro atoms. The maximum Gasteiger partial charge on any atom is 0.254 e. The molecule has 0 aliphatic carbocycles. The van der Waals surface area contributed by atoms with E-state index >= 15 is 0 Å². The van der Waals surface area contributed by atoms with E-state index in [0.29, 0.717) is 40.2 Å². The molecule has 0 heterocycles. The second kappa shape index (κ2) is 10.8. The minimum atomic E-state index is -0.381. The number of nitrogens with one attached hydrogen (secondary N) is 1. The molecule has 3 aromatic carbocycles. The number of likely N-dealkylation sites (N-methyl/N-ethyl adjacent to an activating group) is 1. The lowest BCUT2D eigenvalue weighted by molar-refractivity contribution is -0.116. The predicted molar refractivity (Wildman–Crippen MR) is 124 cm³/mol. The Hall–Kier alpha value is -3.02. The van der Waals surface area contributed by atoms with Crippen LogP contribution >= 0.6 is 23.2 Å². The molecule has 0 radical (unpaired) electrons. The average Bonchev–Trinajstić information content (AvgIpc) is 2.79. The van der Waals surface area contributed by atoms with Gasteiger partial charge in [0.1, 0.15) is 18.9 Å². The van der Waals surface area contributed by atoms with Gasteiger partial charge in [0.15, 0.2) is 0 Å². The Morgan fingerprint density at radius 3 is 2.16 bits per heavy atom. The topological polar surface area (TPSA) is 58.6 Å². The zero-order valence-corrected chi connectivity index (χ0v) is 18.5. The van der Waals surface area contributed by atoms with Gasteiger partial charge in [-0.05, 0) is 48.9 Å². The molecule has 0 fully saturated rings. The summed E-state index contributed by atoms with van der Waals surface area (Å²) in [5.41, 5.74) is 1.86. The Balaban J connectivity index is 1.60. The molecule has 0 saturated carbocycles. The molecule has 1 N–H and O–H groups in total. The molecular weight excluding hydrogens is 435 g/mol. The monoisotopic (exact) mass is 456 g/mol. The van der Waals surface area contributed by atoms with E-state index in [1.807, 2.05) is 37.3 Å². The number of anilines is 1. The van der Waals surface area contributed by atoms with E-state index in [2.05, 4.69) is 5.32 Å². The van der Waals surface area contributed by atoms with Crippen molar-refractivity contribution in [1.29, 1.82) is 0 Å². The lowest BCUT2D eigenvalue weighted by Gasteiger charge is -2.21. The highest BCUT2D eigenvalue weighted by Gasteiger charge is 2.19. The first kappa shape index (κ1) is 22.7. The van der Waals surface area contributed by atoms with Gasteiger partial charge < -0.3 is 15.0 Å². The highest BCUT2D eigenvalue weighted by atomic mass is 35.5. The third-order valence-electron chi connectivity index (χ3n) is 4.58. The van der Waals surface area contributed by atoms with Crippen LogP contribution in [0.5, 0.6) is 5.75 Å². The summed E-state index contributed by atoms with van der Waals surface area (Å²) >= 11 is 12.2. The molecular formula is C24H22Cl2N2O3. The average molecular weight is 457 g/mol. The van der Waals surface area contributed by atoms with Gasteiger partial charge in [-0.25, -0.2) is 0 Å².